The molecule has 55 heavy (non-hydrogen) atoms. The Kier molecular flexibility index (Phi) is 9.96. The zero-order valence-corrected chi connectivity index (χ0v) is 30.2. The zero-order chi connectivity index (χ0) is 39.2. The summed E-state index contributed by atoms with van der Waals surface area (Å²) in [4.78, 5) is 82.6. The van der Waals surface area contributed by atoms with Crippen molar-refractivity contribution >= 4 is 40.5 Å². The summed E-state index contributed by atoms with van der Waals surface area (Å²) >= 11 is 0. The standard InChI is InChI=1S/C39H40FN7O8/c1-3-39(54)24-12-29-35-22(17-47(29)37(52)23(24)18-55-38(39)53)34-26(10-9-21-19(2)25(40)13-27(46-35)33(21)34)44-32(50)16-43-36(51)28(11-20-7-5-4-6-8-20)45-31(49)15-42-30(48)14-41/h4-8,12-13,26,28,54H,3,9-11,14-18,41H2,1-2H3,(H,42,48)(H,43,51)(H,44,50)(H,45,49)/t26-,28-,39-/m0/s1. The van der Waals surface area contributed by atoms with E-state index in [1.807, 2.05) is 6.07 Å². The number of amides is 4. The summed E-state index contributed by atoms with van der Waals surface area (Å²) < 4.78 is 22.0. The van der Waals surface area contributed by atoms with Gasteiger partial charge in [0.2, 0.25) is 23.6 Å². The molecule has 0 bridgehead atoms. The fraction of sp³-hybridized carbons (Fsp3) is 0.359. The van der Waals surface area contributed by atoms with Gasteiger partial charge in [0.05, 0.1) is 54.7 Å². The molecule has 0 fully saturated rings. The molecule has 4 amide bonds. The SMILES string of the molecule is CC[C@@]1(O)C(=O)OCc2c1cc1n(c2=O)Cc2c-1nc1cc(F)c(C)c3c1c2[C@@H](NC(=O)CNC(=O)[C@H](Cc1ccccc1)NC(=O)CNC(=O)CN)CC3. The summed E-state index contributed by atoms with van der Waals surface area (Å²) in [7, 11) is 0. The first kappa shape index (κ1) is 37.3. The molecule has 0 saturated carbocycles. The van der Waals surface area contributed by atoms with E-state index in [0.29, 0.717) is 51.8 Å². The molecule has 3 atom stereocenters. The normalized spacial score (nSPS) is 18.3. The first-order valence-electron chi connectivity index (χ1n) is 18.0. The number of fused-ring (bicyclic) bond motifs is 5. The third-order valence-corrected chi connectivity index (χ3v) is 10.7. The average Bonchev–Trinajstić information content (AvgIpc) is 3.55. The number of cyclic esters (lactones) is 1. The lowest BCUT2D eigenvalue weighted by molar-refractivity contribution is -0.172. The Morgan fingerprint density at radius 2 is 1.80 bits per heavy atom. The van der Waals surface area contributed by atoms with Gasteiger partial charge in [-0.2, -0.15) is 0 Å². The highest BCUT2D eigenvalue weighted by Gasteiger charge is 2.46. The van der Waals surface area contributed by atoms with Gasteiger partial charge in [0, 0.05) is 29.0 Å². The van der Waals surface area contributed by atoms with Gasteiger partial charge in [0.25, 0.3) is 5.56 Å². The molecule has 2 aliphatic heterocycles. The van der Waals surface area contributed by atoms with Crippen LogP contribution in [-0.2, 0) is 60.3 Å². The second-order valence-corrected chi connectivity index (χ2v) is 14.0. The lowest BCUT2D eigenvalue weighted by atomic mass is 9.81. The molecule has 0 unspecified atom stereocenters. The van der Waals surface area contributed by atoms with Gasteiger partial charge >= 0.3 is 5.97 Å². The first-order chi connectivity index (χ1) is 26.3. The number of esters is 1. The molecule has 0 spiro atoms. The Bertz CT molecular complexity index is 2350. The van der Waals surface area contributed by atoms with Gasteiger partial charge in [-0.3, -0.25) is 24.0 Å². The van der Waals surface area contributed by atoms with Gasteiger partial charge < -0.3 is 41.4 Å². The monoisotopic (exact) mass is 753 g/mol. The molecule has 4 aromatic rings. The predicted molar refractivity (Wildman–Crippen MR) is 196 cm³/mol. The number of ether oxygens (including phenoxy) is 1. The van der Waals surface area contributed by atoms with Gasteiger partial charge in [-0.25, -0.2) is 14.2 Å². The first-order valence-corrected chi connectivity index (χ1v) is 18.0. The minimum absolute atomic E-state index is 0.0319. The number of halogens is 1. The molecule has 2 aromatic carbocycles. The highest BCUT2D eigenvalue weighted by Crippen LogP contribution is 2.45. The smallest absolute Gasteiger partial charge is 0.343 e. The van der Waals surface area contributed by atoms with Crippen LogP contribution in [0.3, 0.4) is 0 Å². The van der Waals surface area contributed by atoms with Crippen LogP contribution in [0, 0.1) is 12.7 Å². The van der Waals surface area contributed by atoms with E-state index in [2.05, 4.69) is 21.3 Å². The maximum Gasteiger partial charge on any atom is 0.343 e. The Balaban J connectivity index is 1.17. The predicted octanol–water partition coefficient (Wildman–Crippen LogP) is 0.549. The summed E-state index contributed by atoms with van der Waals surface area (Å²) in [6.45, 7) is 1.92. The molecule has 0 radical (unpaired) electrons. The van der Waals surface area contributed by atoms with Crippen LogP contribution in [0.2, 0.25) is 0 Å². The Morgan fingerprint density at radius 1 is 1.05 bits per heavy atom. The number of nitrogens with zero attached hydrogens (tertiary/aromatic N) is 2. The van der Waals surface area contributed by atoms with E-state index in [1.54, 1.807) is 44.2 Å². The summed E-state index contributed by atoms with van der Waals surface area (Å²) in [5, 5.41) is 22.6. The summed E-state index contributed by atoms with van der Waals surface area (Å²) in [6.07, 6.45) is 0.876. The molecule has 1 aliphatic carbocycles. The number of carbonyl (C=O) groups is 5. The van der Waals surface area contributed by atoms with Crippen LogP contribution in [0.15, 0.2) is 47.3 Å². The lowest BCUT2D eigenvalue weighted by Gasteiger charge is -2.31. The van der Waals surface area contributed by atoms with E-state index in [4.69, 9.17) is 15.5 Å². The molecule has 16 heteroatoms. The van der Waals surface area contributed by atoms with Crippen LogP contribution in [-0.4, -0.2) is 69.9 Å². The van der Waals surface area contributed by atoms with Crippen LogP contribution < -0.4 is 32.6 Å². The van der Waals surface area contributed by atoms with Crippen molar-refractivity contribution in [2.24, 2.45) is 5.73 Å². The molecular formula is C39H40FN7O8. The third-order valence-electron chi connectivity index (χ3n) is 10.7. The molecular weight excluding hydrogens is 713 g/mol. The van der Waals surface area contributed by atoms with Gasteiger partial charge in [0.1, 0.15) is 18.5 Å². The van der Waals surface area contributed by atoms with E-state index in [1.165, 1.54) is 10.6 Å². The van der Waals surface area contributed by atoms with E-state index in [0.717, 1.165) is 11.1 Å². The second-order valence-electron chi connectivity index (χ2n) is 14.0. The summed E-state index contributed by atoms with van der Waals surface area (Å²) in [5.74, 6) is -3.62. The van der Waals surface area contributed by atoms with Crippen molar-refractivity contribution in [1.29, 1.82) is 0 Å². The van der Waals surface area contributed by atoms with E-state index in [9.17, 15) is 33.9 Å². The highest BCUT2D eigenvalue weighted by molar-refractivity contribution is 5.95. The number of benzene rings is 2. The average molecular weight is 754 g/mol. The van der Waals surface area contributed by atoms with Crippen molar-refractivity contribution in [3.8, 4) is 11.4 Å². The van der Waals surface area contributed by atoms with E-state index in [-0.39, 0.29) is 43.7 Å². The molecule has 7 N–H and O–H groups in total. The number of hydrogen-bond acceptors (Lipinski definition) is 10. The number of nitrogens with one attached hydrogen (secondary N) is 4. The van der Waals surface area contributed by atoms with E-state index < -0.39 is 71.7 Å². The fourth-order valence-corrected chi connectivity index (χ4v) is 7.79. The Hall–Kier alpha value is -6.00. The van der Waals surface area contributed by atoms with Crippen molar-refractivity contribution in [3.63, 3.8) is 0 Å². The number of carbonyl (C=O) groups excluding carboxylic acids is 5. The fourth-order valence-electron chi connectivity index (χ4n) is 7.79. The summed E-state index contributed by atoms with van der Waals surface area (Å²) in [5.41, 5.74) is 7.38. The Labute approximate surface area is 313 Å². The van der Waals surface area contributed by atoms with Crippen molar-refractivity contribution < 1.29 is 38.2 Å². The highest BCUT2D eigenvalue weighted by atomic mass is 19.1. The summed E-state index contributed by atoms with van der Waals surface area (Å²) in [6, 6.07) is 10.2. The quantitative estimate of drug-likeness (QED) is 0.103. The van der Waals surface area contributed by atoms with Gasteiger partial charge in [0.15, 0.2) is 5.60 Å². The maximum atomic E-state index is 15.3. The molecule has 2 aromatic heterocycles. The number of hydrogen-bond donors (Lipinski definition) is 6. The molecule has 4 heterocycles. The molecule has 3 aliphatic rings. The minimum atomic E-state index is -2.03. The number of pyridine rings is 2. The number of rotatable bonds is 11. The van der Waals surface area contributed by atoms with Gasteiger partial charge in [-0.1, -0.05) is 37.3 Å². The second kappa shape index (κ2) is 14.7. The molecule has 7 rings (SSSR count). The molecule has 0 saturated heterocycles. The lowest BCUT2D eigenvalue weighted by Crippen LogP contribution is -2.52. The molecule has 15 nitrogen and oxygen atoms in total. The Morgan fingerprint density at radius 3 is 2.53 bits per heavy atom. The van der Waals surface area contributed by atoms with Crippen molar-refractivity contribution in [1.82, 2.24) is 30.8 Å². The number of aryl methyl sites for hydroxylation is 1. The molecule has 286 valence electrons. The van der Waals surface area contributed by atoms with Crippen LogP contribution in [0.25, 0.3) is 22.3 Å². The minimum Gasteiger partial charge on any atom is -0.458 e. The van der Waals surface area contributed by atoms with Gasteiger partial charge in [-0.05, 0) is 54.5 Å². The largest absolute Gasteiger partial charge is 0.458 e. The number of nitrogens with two attached hydrogens (primary N) is 1. The zero-order valence-electron chi connectivity index (χ0n) is 30.2. The maximum absolute atomic E-state index is 15.3. The van der Waals surface area contributed by atoms with Crippen LogP contribution in [0.1, 0.15) is 64.8 Å². The van der Waals surface area contributed by atoms with Crippen LogP contribution in [0.4, 0.5) is 4.39 Å². The number of aromatic nitrogens is 2. The van der Waals surface area contributed by atoms with Crippen molar-refractivity contribution in [2.75, 3.05) is 19.6 Å². The van der Waals surface area contributed by atoms with Gasteiger partial charge in [-0.15, -0.1) is 0 Å². The van der Waals surface area contributed by atoms with Crippen molar-refractivity contribution in [3.05, 3.63) is 97.6 Å². The van der Waals surface area contributed by atoms with Crippen LogP contribution in [0.5, 0.6) is 0 Å². The third kappa shape index (κ3) is 6.71. The topological polar surface area (TPSA) is 224 Å². The van der Waals surface area contributed by atoms with Crippen LogP contribution >= 0.6 is 0 Å². The van der Waals surface area contributed by atoms with Crippen molar-refractivity contribution in [2.45, 2.75) is 70.4 Å². The number of aliphatic hydroxyl groups is 1. The van der Waals surface area contributed by atoms with E-state index >= 15 is 4.39 Å².